The summed E-state index contributed by atoms with van der Waals surface area (Å²) in [5.41, 5.74) is 3.47. The first-order valence-electron chi connectivity index (χ1n) is 5.68. The molecule has 4 nitrogen and oxygen atoms in total. The third kappa shape index (κ3) is 1.61. The van der Waals surface area contributed by atoms with Gasteiger partial charge in [0.15, 0.2) is 5.78 Å². The van der Waals surface area contributed by atoms with Crippen molar-refractivity contribution in [3.63, 3.8) is 0 Å². The van der Waals surface area contributed by atoms with E-state index in [1.54, 1.807) is 12.1 Å². The molecular weight excluding hydrogens is 230 g/mol. The number of carboxylic acid groups (broad SMARTS) is 1. The van der Waals surface area contributed by atoms with Gasteiger partial charge < -0.3 is 9.67 Å². The topological polar surface area (TPSA) is 59.3 Å². The van der Waals surface area contributed by atoms with E-state index in [0.29, 0.717) is 5.56 Å². The number of fused-ring (bicyclic) bond motifs is 1. The molecule has 1 N–H and O–H groups in total. The minimum Gasteiger partial charge on any atom is -0.478 e. The second-order valence-electron chi connectivity index (χ2n) is 4.57. The monoisotopic (exact) mass is 245 g/mol. The number of rotatable bonds is 2. The molecule has 2 aromatic rings. The Morgan fingerprint density at radius 3 is 2.33 bits per heavy atom. The lowest BCUT2D eigenvalue weighted by atomic mass is 10.0. The zero-order chi connectivity index (χ0) is 13.6. The number of aromatic carboxylic acids is 1. The van der Waals surface area contributed by atoms with Gasteiger partial charge in [0.2, 0.25) is 0 Å². The molecule has 4 heteroatoms. The van der Waals surface area contributed by atoms with Crippen molar-refractivity contribution in [3.05, 3.63) is 34.5 Å². The summed E-state index contributed by atoms with van der Waals surface area (Å²) in [5.74, 6) is -1.02. The van der Waals surface area contributed by atoms with Gasteiger partial charge >= 0.3 is 5.97 Å². The smallest absolute Gasteiger partial charge is 0.335 e. The zero-order valence-corrected chi connectivity index (χ0v) is 10.9. The quantitative estimate of drug-likeness (QED) is 0.827. The molecule has 0 aliphatic carbocycles. The van der Waals surface area contributed by atoms with E-state index in [2.05, 4.69) is 0 Å². The van der Waals surface area contributed by atoms with Gasteiger partial charge in [0.25, 0.3) is 0 Å². The van der Waals surface area contributed by atoms with Gasteiger partial charge in [-0.2, -0.15) is 0 Å². The van der Waals surface area contributed by atoms with Gasteiger partial charge in [0.05, 0.1) is 11.1 Å². The Labute approximate surface area is 105 Å². The Bertz CT molecular complexity index is 680. The first kappa shape index (κ1) is 12.4. The summed E-state index contributed by atoms with van der Waals surface area (Å²) < 4.78 is 1.94. The lowest BCUT2D eigenvalue weighted by molar-refractivity contribution is 0.0696. The van der Waals surface area contributed by atoms with E-state index in [-0.39, 0.29) is 11.3 Å². The van der Waals surface area contributed by atoms with E-state index in [0.717, 1.165) is 22.2 Å². The van der Waals surface area contributed by atoms with E-state index in [1.165, 1.54) is 6.92 Å². The van der Waals surface area contributed by atoms with Crippen LogP contribution in [0.25, 0.3) is 10.9 Å². The van der Waals surface area contributed by atoms with Crippen molar-refractivity contribution in [3.8, 4) is 0 Å². The van der Waals surface area contributed by atoms with Gasteiger partial charge in [-0.3, -0.25) is 4.79 Å². The predicted molar refractivity (Wildman–Crippen MR) is 69.4 cm³/mol. The summed E-state index contributed by atoms with van der Waals surface area (Å²) in [4.78, 5) is 22.8. The molecule has 0 saturated carbocycles. The number of benzene rings is 1. The maximum Gasteiger partial charge on any atom is 0.335 e. The second kappa shape index (κ2) is 3.98. The summed E-state index contributed by atoms with van der Waals surface area (Å²) in [6, 6.07) is 3.21. The molecule has 0 spiro atoms. The SMILES string of the molecule is CC(=O)c1c(C)n(C)c2c(C)cc(C(=O)O)cc12. The largest absolute Gasteiger partial charge is 0.478 e. The molecule has 0 bridgehead atoms. The number of hydrogen-bond acceptors (Lipinski definition) is 2. The minimum atomic E-state index is -0.976. The predicted octanol–water partition coefficient (Wildman–Crippen LogP) is 2.70. The Morgan fingerprint density at radius 1 is 1.22 bits per heavy atom. The number of Topliss-reactive ketones (excluding diaryl/α,β-unsaturated/α-hetero) is 1. The number of hydrogen-bond donors (Lipinski definition) is 1. The van der Waals surface area contributed by atoms with Gasteiger partial charge in [0, 0.05) is 23.7 Å². The van der Waals surface area contributed by atoms with Crippen LogP contribution >= 0.6 is 0 Å². The second-order valence-corrected chi connectivity index (χ2v) is 4.57. The molecule has 0 amide bonds. The highest BCUT2D eigenvalue weighted by molar-refractivity contribution is 6.10. The van der Waals surface area contributed by atoms with Crippen molar-refractivity contribution < 1.29 is 14.7 Å². The highest BCUT2D eigenvalue weighted by atomic mass is 16.4. The molecule has 0 aliphatic heterocycles. The third-order valence-electron chi connectivity index (χ3n) is 3.37. The van der Waals surface area contributed by atoms with Gasteiger partial charge in [-0.05, 0) is 38.5 Å². The van der Waals surface area contributed by atoms with Crippen LogP contribution in [0.1, 0.15) is 38.9 Å². The molecule has 1 aromatic carbocycles. The molecule has 0 aliphatic rings. The minimum absolute atomic E-state index is 0.0416. The number of nitrogens with zero attached hydrogens (tertiary/aromatic N) is 1. The molecule has 2 rings (SSSR count). The standard InChI is InChI=1S/C14H15NO3/c1-7-5-10(14(17)18)6-11-12(9(3)16)8(2)15(4)13(7)11/h5-6H,1-4H3,(H,17,18). The number of carboxylic acids is 1. The van der Waals surface area contributed by atoms with Crippen molar-refractivity contribution >= 4 is 22.7 Å². The van der Waals surface area contributed by atoms with E-state index in [9.17, 15) is 9.59 Å². The maximum atomic E-state index is 11.7. The molecule has 0 fully saturated rings. The summed E-state index contributed by atoms with van der Waals surface area (Å²) in [6.07, 6.45) is 0. The summed E-state index contributed by atoms with van der Waals surface area (Å²) in [6.45, 7) is 5.24. The van der Waals surface area contributed by atoms with Crippen molar-refractivity contribution in [2.24, 2.45) is 7.05 Å². The lowest BCUT2D eigenvalue weighted by Crippen LogP contribution is -1.98. The third-order valence-corrected chi connectivity index (χ3v) is 3.37. The number of carbonyl (C=O) groups excluding carboxylic acids is 1. The van der Waals surface area contributed by atoms with Gasteiger partial charge in [-0.15, -0.1) is 0 Å². The Hall–Kier alpha value is -2.10. The van der Waals surface area contributed by atoms with Gasteiger partial charge in [-0.1, -0.05) is 0 Å². The maximum absolute atomic E-state index is 11.7. The summed E-state index contributed by atoms with van der Waals surface area (Å²) >= 11 is 0. The first-order chi connectivity index (χ1) is 8.34. The van der Waals surface area contributed by atoms with Crippen LogP contribution < -0.4 is 0 Å². The number of carbonyl (C=O) groups is 2. The van der Waals surface area contributed by atoms with Gasteiger partial charge in [0.1, 0.15) is 0 Å². The van der Waals surface area contributed by atoms with Crippen LogP contribution in [0.15, 0.2) is 12.1 Å². The zero-order valence-electron chi connectivity index (χ0n) is 10.9. The molecule has 94 valence electrons. The van der Waals surface area contributed by atoms with Crippen LogP contribution in [0.2, 0.25) is 0 Å². The number of ketones is 1. The van der Waals surface area contributed by atoms with E-state index in [1.807, 2.05) is 25.5 Å². The van der Waals surface area contributed by atoms with Crippen LogP contribution in [-0.4, -0.2) is 21.4 Å². The fraction of sp³-hybridized carbons (Fsp3) is 0.286. The van der Waals surface area contributed by atoms with Crippen molar-refractivity contribution in [2.75, 3.05) is 0 Å². The van der Waals surface area contributed by atoms with Crippen molar-refractivity contribution in [1.82, 2.24) is 4.57 Å². The highest BCUT2D eigenvalue weighted by Crippen LogP contribution is 2.29. The lowest BCUT2D eigenvalue weighted by Gasteiger charge is -2.03. The normalized spacial score (nSPS) is 10.9. The van der Waals surface area contributed by atoms with Gasteiger partial charge in [-0.25, -0.2) is 4.79 Å². The number of aryl methyl sites for hydroxylation is 2. The van der Waals surface area contributed by atoms with Crippen LogP contribution in [0, 0.1) is 13.8 Å². The van der Waals surface area contributed by atoms with Crippen LogP contribution in [-0.2, 0) is 7.05 Å². The highest BCUT2D eigenvalue weighted by Gasteiger charge is 2.18. The molecule has 0 atom stereocenters. The molecule has 0 radical (unpaired) electrons. The molecule has 0 unspecified atom stereocenters. The molecule has 1 heterocycles. The fourth-order valence-corrected chi connectivity index (χ4v) is 2.51. The summed E-state index contributed by atoms with van der Waals surface area (Å²) in [5, 5.41) is 9.80. The molecule has 18 heavy (non-hydrogen) atoms. The van der Waals surface area contributed by atoms with Crippen LogP contribution in [0.4, 0.5) is 0 Å². The van der Waals surface area contributed by atoms with E-state index in [4.69, 9.17) is 5.11 Å². The molecule has 1 aromatic heterocycles. The van der Waals surface area contributed by atoms with E-state index >= 15 is 0 Å². The average Bonchev–Trinajstić information content (AvgIpc) is 2.51. The Morgan fingerprint density at radius 2 is 1.83 bits per heavy atom. The van der Waals surface area contributed by atoms with Crippen LogP contribution in [0.5, 0.6) is 0 Å². The molecular formula is C14H15NO3. The fourth-order valence-electron chi connectivity index (χ4n) is 2.51. The Kier molecular flexibility index (Phi) is 2.73. The number of aromatic nitrogens is 1. The Balaban J connectivity index is 2.98. The van der Waals surface area contributed by atoms with Crippen LogP contribution in [0.3, 0.4) is 0 Å². The van der Waals surface area contributed by atoms with Crippen molar-refractivity contribution in [2.45, 2.75) is 20.8 Å². The first-order valence-corrected chi connectivity index (χ1v) is 5.68. The molecule has 0 saturated heterocycles. The van der Waals surface area contributed by atoms with E-state index < -0.39 is 5.97 Å². The summed E-state index contributed by atoms with van der Waals surface area (Å²) in [7, 11) is 1.89. The average molecular weight is 245 g/mol. The van der Waals surface area contributed by atoms with Crippen molar-refractivity contribution in [1.29, 1.82) is 0 Å².